The zero-order valence-electron chi connectivity index (χ0n) is 15.7. The van der Waals surface area contributed by atoms with Crippen LogP contribution in [0.4, 0.5) is 5.82 Å². The van der Waals surface area contributed by atoms with Crippen molar-refractivity contribution >= 4 is 23.3 Å². The smallest absolute Gasteiger partial charge is 0.281 e. The Balaban J connectivity index is 1.67. The van der Waals surface area contributed by atoms with E-state index >= 15 is 0 Å². The predicted octanol–water partition coefficient (Wildman–Crippen LogP) is 5.55. The number of anilines is 1. The van der Waals surface area contributed by atoms with Gasteiger partial charge in [-0.15, -0.1) is 0 Å². The van der Waals surface area contributed by atoms with Crippen LogP contribution < -0.4 is 4.90 Å². The molecular weight excluding hydrogens is 386 g/mol. The average molecular weight is 404 g/mol. The van der Waals surface area contributed by atoms with E-state index < -0.39 is 0 Å². The number of carbonyl (C=O) groups excluding carboxylic acids is 1. The maximum atomic E-state index is 13.3. The third-order valence-corrected chi connectivity index (χ3v) is 4.89. The van der Waals surface area contributed by atoms with E-state index in [1.165, 1.54) is 4.90 Å². The van der Waals surface area contributed by atoms with Gasteiger partial charge in [-0.25, -0.2) is 4.98 Å². The summed E-state index contributed by atoms with van der Waals surface area (Å²) in [6.07, 6.45) is 1.64. The van der Waals surface area contributed by atoms with Crippen LogP contribution in [0.2, 0.25) is 5.02 Å². The van der Waals surface area contributed by atoms with Gasteiger partial charge >= 0.3 is 0 Å². The van der Waals surface area contributed by atoms with Crippen LogP contribution in [0.1, 0.15) is 21.6 Å². The summed E-state index contributed by atoms with van der Waals surface area (Å²) >= 11 is 6.31. The van der Waals surface area contributed by atoms with Gasteiger partial charge in [0.25, 0.3) is 5.91 Å². The van der Waals surface area contributed by atoms with Crippen LogP contribution in [0.3, 0.4) is 0 Å². The van der Waals surface area contributed by atoms with Crippen molar-refractivity contribution in [1.29, 1.82) is 0 Å². The van der Waals surface area contributed by atoms with Gasteiger partial charge in [0, 0.05) is 22.8 Å². The SMILES string of the molecule is Cc1ccc(-c2cc(C(=O)N(Cc3ccccc3Cl)c3ccccn3)no2)cc1. The monoisotopic (exact) mass is 403 g/mol. The summed E-state index contributed by atoms with van der Waals surface area (Å²) < 4.78 is 5.43. The molecule has 0 aliphatic heterocycles. The number of nitrogens with zero attached hydrogens (tertiary/aromatic N) is 3. The van der Waals surface area contributed by atoms with E-state index in [0.29, 0.717) is 16.6 Å². The van der Waals surface area contributed by atoms with Gasteiger partial charge in [0.05, 0.1) is 6.54 Å². The van der Waals surface area contributed by atoms with E-state index in [-0.39, 0.29) is 18.1 Å². The van der Waals surface area contributed by atoms with Crippen molar-refractivity contribution in [2.24, 2.45) is 0 Å². The predicted molar refractivity (Wildman–Crippen MR) is 113 cm³/mol. The van der Waals surface area contributed by atoms with Gasteiger partial charge in [0.15, 0.2) is 11.5 Å². The summed E-state index contributed by atoms with van der Waals surface area (Å²) in [7, 11) is 0. The van der Waals surface area contributed by atoms with Crippen LogP contribution in [0.5, 0.6) is 0 Å². The second kappa shape index (κ2) is 8.29. The highest BCUT2D eigenvalue weighted by molar-refractivity contribution is 6.31. The lowest BCUT2D eigenvalue weighted by Gasteiger charge is -2.21. The fourth-order valence-electron chi connectivity index (χ4n) is 2.94. The molecule has 4 rings (SSSR count). The third-order valence-electron chi connectivity index (χ3n) is 4.52. The summed E-state index contributed by atoms with van der Waals surface area (Å²) in [5, 5.41) is 4.58. The van der Waals surface area contributed by atoms with Crippen molar-refractivity contribution in [2.45, 2.75) is 13.5 Å². The molecule has 0 fully saturated rings. The van der Waals surface area contributed by atoms with Gasteiger partial charge in [-0.05, 0) is 30.7 Å². The minimum Gasteiger partial charge on any atom is -0.355 e. The Morgan fingerprint density at radius 3 is 2.52 bits per heavy atom. The maximum Gasteiger partial charge on any atom is 0.281 e. The Morgan fingerprint density at radius 2 is 1.79 bits per heavy atom. The van der Waals surface area contributed by atoms with Crippen LogP contribution in [0.25, 0.3) is 11.3 Å². The molecule has 0 aliphatic carbocycles. The number of hydrogen-bond acceptors (Lipinski definition) is 4. The van der Waals surface area contributed by atoms with E-state index in [0.717, 1.165) is 16.7 Å². The first-order valence-corrected chi connectivity index (χ1v) is 9.49. The molecule has 0 bridgehead atoms. The van der Waals surface area contributed by atoms with Gasteiger partial charge in [-0.1, -0.05) is 70.9 Å². The quantitative estimate of drug-likeness (QED) is 0.438. The molecule has 0 radical (unpaired) electrons. The normalized spacial score (nSPS) is 10.7. The molecule has 0 N–H and O–H groups in total. The first-order chi connectivity index (χ1) is 14.1. The highest BCUT2D eigenvalue weighted by Gasteiger charge is 2.23. The second-order valence-corrected chi connectivity index (χ2v) is 7.02. The van der Waals surface area contributed by atoms with Gasteiger partial charge in [0.1, 0.15) is 5.82 Å². The van der Waals surface area contributed by atoms with Crippen molar-refractivity contribution < 1.29 is 9.32 Å². The van der Waals surface area contributed by atoms with Crippen LogP contribution >= 0.6 is 11.6 Å². The molecule has 144 valence electrons. The summed E-state index contributed by atoms with van der Waals surface area (Å²) in [4.78, 5) is 19.1. The largest absolute Gasteiger partial charge is 0.355 e. The molecule has 0 unspecified atom stereocenters. The van der Waals surface area contributed by atoms with Crippen molar-refractivity contribution in [2.75, 3.05) is 4.90 Å². The van der Waals surface area contributed by atoms with Gasteiger partial charge in [-0.2, -0.15) is 0 Å². The minimum atomic E-state index is -0.314. The lowest BCUT2D eigenvalue weighted by atomic mass is 10.1. The molecule has 5 nitrogen and oxygen atoms in total. The highest BCUT2D eigenvalue weighted by Crippen LogP contribution is 2.25. The molecule has 1 amide bonds. The third kappa shape index (κ3) is 4.20. The van der Waals surface area contributed by atoms with E-state index in [4.69, 9.17) is 16.1 Å². The first kappa shape index (κ1) is 18.9. The Kier molecular flexibility index (Phi) is 5.40. The first-order valence-electron chi connectivity index (χ1n) is 9.12. The van der Waals surface area contributed by atoms with Gasteiger partial charge < -0.3 is 4.52 Å². The molecule has 2 heterocycles. The van der Waals surface area contributed by atoms with Crippen LogP contribution in [0, 0.1) is 6.92 Å². The molecule has 2 aromatic carbocycles. The Morgan fingerprint density at radius 1 is 1.03 bits per heavy atom. The molecule has 4 aromatic rings. The number of pyridine rings is 1. The Hall–Kier alpha value is -3.44. The lowest BCUT2D eigenvalue weighted by molar-refractivity contribution is 0.0975. The number of rotatable bonds is 5. The maximum absolute atomic E-state index is 13.3. The minimum absolute atomic E-state index is 0.207. The standard InChI is InChI=1S/C23H18ClN3O2/c1-16-9-11-17(12-10-16)21-14-20(26-29-21)23(28)27(22-8-4-5-13-25-22)15-18-6-2-3-7-19(18)24/h2-14H,15H2,1H3. The number of benzene rings is 2. The molecule has 6 heteroatoms. The van der Waals surface area contributed by atoms with Gasteiger partial charge in [0.2, 0.25) is 0 Å². The number of amides is 1. The van der Waals surface area contributed by atoms with Gasteiger partial charge in [-0.3, -0.25) is 9.69 Å². The van der Waals surface area contributed by atoms with Crippen molar-refractivity contribution in [3.05, 3.63) is 101 Å². The molecule has 0 saturated heterocycles. The van der Waals surface area contributed by atoms with Crippen molar-refractivity contribution in [3.63, 3.8) is 0 Å². The number of aromatic nitrogens is 2. The molecule has 29 heavy (non-hydrogen) atoms. The van der Waals surface area contributed by atoms with Crippen LogP contribution in [0.15, 0.2) is 83.5 Å². The molecule has 0 saturated carbocycles. The average Bonchev–Trinajstić information content (AvgIpc) is 3.24. The van der Waals surface area contributed by atoms with Crippen LogP contribution in [-0.4, -0.2) is 16.0 Å². The number of hydrogen-bond donors (Lipinski definition) is 0. The summed E-state index contributed by atoms with van der Waals surface area (Å²) in [6.45, 7) is 2.28. The zero-order valence-corrected chi connectivity index (χ0v) is 16.5. The number of carbonyl (C=O) groups is 1. The Bertz CT molecular complexity index is 1120. The second-order valence-electron chi connectivity index (χ2n) is 6.61. The lowest BCUT2D eigenvalue weighted by Crippen LogP contribution is -2.31. The summed E-state index contributed by atoms with van der Waals surface area (Å²) in [5.41, 5.74) is 3.02. The van der Waals surface area contributed by atoms with Crippen molar-refractivity contribution in [3.8, 4) is 11.3 Å². The fraction of sp³-hybridized carbons (Fsp3) is 0.0870. The fourth-order valence-corrected chi connectivity index (χ4v) is 3.13. The Labute approximate surface area is 173 Å². The number of halogens is 1. The van der Waals surface area contributed by atoms with E-state index in [2.05, 4.69) is 10.1 Å². The van der Waals surface area contributed by atoms with E-state index in [9.17, 15) is 4.79 Å². The summed E-state index contributed by atoms with van der Waals surface area (Å²) in [6, 6.07) is 22.3. The molecule has 2 aromatic heterocycles. The summed E-state index contributed by atoms with van der Waals surface area (Å²) in [5.74, 6) is 0.732. The zero-order chi connectivity index (χ0) is 20.2. The highest BCUT2D eigenvalue weighted by atomic mass is 35.5. The van der Waals surface area contributed by atoms with E-state index in [1.54, 1.807) is 30.5 Å². The molecular formula is C23H18ClN3O2. The van der Waals surface area contributed by atoms with Crippen LogP contribution in [-0.2, 0) is 6.54 Å². The van der Waals surface area contributed by atoms with Crippen molar-refractivity contribution in [1.82, 2.24) is 10.1 Å². The molecule has 0 atom stereocenters. The topological polar surface area (TPSA) is 59.2 Å². The van der Waals surface area contributed by atoms with E-state index in [1.807, 2.05) is 55.5 Å². The number of aryl methyl sites for hydroxylation is 1. The molecule has 0 aliphatic rings. The molecule has 0 spiro atoms.